The molecule has 3 aromatic rings. The molecule has 0 unspecified atom stereocenters. The van der Waals surface area contributed by atoms with Crippen molar-refractivity contribution in [1.82, 2.24) is 30.4 Å². The maximum Gasteiger partial charge on any atom is 0.161 e. The monoisotopic (exact) mass is 257 g/mol. The minimum atomic E-state index is 0.618. The first-order chi connectivity index (χ1) is 9.15. The molecule has 19 heavy (non-hydrogen) atoms. The lowest BCUT2D eigenvalue weighted by molar-refractivity contribution is 0.955. The SMILES string of the molecule is Cc1nc(NCc2n[nH]c(C)c2C)c2cn[nH]c2n1. The van der Waals surface area contributed by atoms with Gasteiger partial charge in [-0.3, -0.25) is 10.2 Å². The molecule has 98 valence electrons. The summed E-state index contributed by atoms with van der Waals surface area (Å²) < 4.78 is 0. The van der Waals surface area contributed by atoms with Crippen molar-refractivity contribution < 1.29 is 0 Å². The maximum atomic E-state index is 4.40. The van der Waals surface area contributed by atoms with Gasteiger partial charge in [0.1, 0.15) is 11.6 Å². The number of rotatable bonds is 3. The zero-order valence-electron chi connectivity index (χ0n) is 11.1. The molecular formula is C12H15N7. The van der Waals surface area contributed by atoms with E-state index in [-0.39, 0.29) is 0 Å². The van der Waals surface area contributed by atoms with Crippen LogP contribution < -0.4 is 5.32 Å². The molecule has 0 aromatic carbocycles. The highest BCUT2D eigenvalue weighted by molar-refractivity contribution is 5.85. The summed E-state index contributed by atoms with van der Waals surface area (Å²) in [6.07, 6.45) is 1.72. The first-order valence-electron chi connectivity index (χ1n) is 6.07. The Bertz CT molecular complexity index is 725. The van der Waals surface area contributed by atoms with Crippen LogP contribution in [0.1, 0.15) is 22.8 Å². The van der Waals surface area contributed by atoms with Crippen molar-refractivity contribution in [2.45, 2.75) is 27.3 Å². The predicted molar refractivity (Wildman–Crippen MR) is 71.8 cm³/mol. The molecule has 3 rings (SSSR count). The van der Waals surface area contributed by atoms with Gasteiger partial charge in [-0.05, 0) is 26.3 Å². The van der Waals surface area contributed by atoms with E-state index in [1.165, 1.54) is 5.56 Å². The molecule has 3 aromatic heterocycles. The minimum absolute atomic E-state index is 0.618. The van der Waals surface area contributed by atoms with Crippen LogP contribution >= 0.6 is 0 Å². The number of nitrogens with zero attached hydrogens (tertiary/aromatic N) is 4. The summed E-state index contributed by atoms with van der Waals surface area (Å²) in [6.45, 7) is 6.53. The van der Waals surface area contributed by atoms with Crippen molar-refractivity contribution >= 4 is 16.9 Å². The van der Waals surface area contributed by atoms with Gasteiger partial charge in [-0.25, -0.2) is 9.97 Å². The van der Waals surface area contributed by atoms with E-state index in [0.29, 0.717) is 12.4 Å². The molecule has 0 saturated carbocycles. The molecular weight excluding hydrogens is 242 g/mol. The summed E-state index contributed by atoms with van der Waals surface area (Å²) in [6, 6.07) is 0. The lowest BCUT2D eigenvalue weighted by Gasteiger charge is -2.06. The third-order valence-corrected chi connectivity index (χ3v) is 3.20. The van der Waals surface area contributed by atoms with Crippen LogP contribution in [-0.4, -0.2) is 30.4 Å². The van der Waals surface area contributed by atoms with Crippen molar-refractivity contribution in [2.75, 3.05) is 5.32 Å². The molecule has 0 aliphatic rings. The molecule has 0 radical (unpaired) electrons. The molecule has 7 heteroatoms. The number of fused-ring (bicyclic) bond motifs is 1. The van der Waals surface area contributed by atoms with Gasteiger partial charge >= 0.3 is 0 Å². The Kier molecular flexibility index (Phi) is 2.66. The van der Waals surface area contributed by atoms with Crippen LogP contribution in [-0.2, 0) is 6.54 Å². The largest absolute Gasteiger partial charge is 0.364 e. The normalized spacial score (nSPS) is 11.1. The maximum absolute atomic E-state index is 4.40. The van der Waals surface area contributed by atoms with Crippen LogP contribution in [0.5, 0.6) is 0 Å². The van der Waals surface area contributed by atoms with Gasteiger partial charge in [-0.2, -0.15) is 10.2 Å². The summed E-state index contributed by atoms with van der Waals surface area (Å²) >= 11 is 0. The van der Waals surface area contributed by atoms with E-state index in [1.54, 1.807) is 6.20 Å². The Morgan fingerprint density at radius 3 is 2.74 bits per heavy atom. The molecule has 0 atom stereocenters. The second-order valence-electron chi connectivity index (χ2n) is 4.53. The lowest BCUT2D eigenvalue weighted by Crippen LogP contribution is -2.05. The Morgan fingerprint density at radius 1 is 1.16 bits per heavy atom. The van der Waals surface area contributed by atoms with Crippen LogP contribution in [0.3, 0.4) is 0 Å². The molecule has 7 nitrogen and oxygen atoms in total. The fourth-order valence-electron chi connectivity index (χ4n) is 1.96. The number of hydrogen-bond donors (Lipinski definition) is 3. The number of aryl methyl sites for hydroxylation is 2. The van der Waals surface area contributed by atoms with Gasteiger partial charge in [0.2, 0.25) is 0 Å². The standard InChI is InChI=1S/C12H15N7/c1-6-7(2)17-18-10(6)5-13-11-9-4-14-19-12(9)16-8(3)15-11/h4H,5H2,1-3H3,(H,17,18)(H2,13,14,15,16,19). The second kappa shape index (κ2) is 4.34. The van der Waals surface area contributed by atoms with Crippen molar-refractivity contribution in [1.29, 1.82) is 0 Å². The molecule has 0 bridgehead atoms. The van der Waals surface area contributed by atoms with Gasteiger partial charge in [0, 0.05) is 5.69 Å². The van der Waals surface area contributed by atoms with Crippen LogP contribution in [0.2, 0.25) is 0 Å². The molecule has 0 fully saturated rings. The molecule has 0 aliphatic heterocycles. The summed E-state index contributed by atoms with van der Waals surface area (Å²) in [5, 5.41) is 18.3. The average Bonchev–Trinajstić information content (AvgIpc) is 2.96. The van der Waals surface area contributed by atoms with Gasteiger partial charge in [0.05, 0.1) is 23.8 Å². The minimum Gasteiger partial charge on any atom is -0.364 e. The number of nitrogens with one attached hydrogen (secondary N) is 3. The van der Waals surface area contributed by atoms with Crippen molar-refractivity contribution in [3.63, 3.8) is 0 Å². The Morgan fingerprint density at radius 2 is 2.00 bits per heavy atom. The third-order valence-electron chi connectivity index (χ3n) is 3.20. The van der Waals surface area contributed by atoms with Crippen molar-refractivity contribution in [3.05, 3.63) is 29.0 Å². The number of H-pyrrole nitrogens is 2. The topological polar surface area (TPSA) is 95.2 Å². The Balaban J connectivity index is 1.89. The number of anilines is 1. The highest BCUT2D eigenvalue weighted by Gasteiger charge is 2.09. The molecule has 0 aliphatic carbocycles. The van der Waals surface area contributed by atoms with E-state index >= 15 is 0 Å². The molecule has 3 N–H and O–H groups in total. The molecule has 3 heterocycles. The average molecular weight is 257 g/mol. The fraction of sp³-hybridized carbons (Fsp3) is 0.333. The highest BCUT2D eigenvalue weighted by Crippen LogP contribution is 2.19. The van der Waals surface area contributed by atoms with E-state index in [2.05, 4.69) is 42.6 Å². The van der Waals surface area contributed by atoms with Gasteiger partial charge in [-0.15, -0.1) is 0 Å². The predicted octanol–water partition coefficient (Wildman–Crippen LogP) is 1.61. The first-order valence-corrected chi connectivity index (χ1v) is 6.07. The summed E-state index contributed by atoms with van der Waals surface area (Å²) in [5.74, 6) is 1.48. The van der Waals surface area contributed by atoms with Crippen LogP contribution in [0.25, 0.3) is 11.0 Å². The number of aromatic nitrogens is 6. The zero-order valence-corrected chi connectivity index (χ0v) is 11.1. The van der Waals surface area contributed by atoms with E-state index in [1.807, 2.05) is 13.8 Å². The van der Waals surface area contributed by atoms with Gasteiger partial charge in [-0.1, -0.05) is 0 Å². The van der Waals surface area contributed by atoms with Crippen molar-refractivity contribution in [2.24, 2.45) is 0 Å². The lowest BCUT2D eigenvalue weighted by atomic mass is 10.2. The van der Waals surface area contributed by atoms with E-state index in [4.69, 9.17) is 0 Å². The quantitative estimate of drug-likeness (QED) is 0.662. The highest BCUT2D eigenvalue weighted by atomic mass is 15.2. The van der Waals surface area contributed by atoms with Crippen molar-refractivity contribution in [3.8, 4) is 0 Å². The number of aromatic amines is 2. The molecule has 0 saturated heterocycles. The Labute approximate surface area is 109 Å². The second-order valence-corrected chi connectivity index (χ2v) is 4.53. The summed E-state index contributed by atoms with van der Waals surface area (Å²) in [5.41, 5.74) is 3.99. The zero-order chi connectivity index (χ0) is 13.4. The first kappa shape index (κ1) is 11.6. The van der Waals surface area contributed by atoms with E-state index in [0.717, 1.165) is 28.2 Å². The van der Waals surface area contributed by atoms with Gasteiger partial charge in [0.25, 0.3) is 0 Å². The van der Waals surface area contributed by atoms with Crippen LogP contribution in [0.4, 0.5) is 5.82 Å². The smallest absolute Gasteiger partial charge is 0.161 e. The van der Waals surface area contributed by atoms with Gasteiger partial charge in [0.15, 0.2) is 5.65 Å². The molecule has 0 amide bonds. The van der Waals surface area contributed by atoms with Crippen LogP contribution in [0, 0.1) is 20.8 Å². The number of hydrogen-bond acceptors (Lipinski definition) is 5. The summed E-state index contributed by atoms with van der Waals surface area (Å²) in [7, 11) is 0. The Hall–Kier alpha value is -2.44. The van der Waals surface area contributed by atoms with E-state index in [9.17, 15) is 0 Å². The summed E-state index contributed by atoms with van der Waals surface area (Å²) in [4.78, 5) is 8.69. The van der Waals surface area contributed by atoms with E-state index < -0.39 is 0 Å². The third kappa shape index (κ3) is 2.03. The van der Waals surface area contributed by atoms with Crippen LogP contribution in [0.15, 0.2) is 6.20 Å². The fourth-order valence-corrected chi connectivity index (χ4v) is 1.96. The van der Waals surface area contributed by atoms with Gasteiger partial charge < -0.3 is 5.32 Å². The molecule has 0 spiro atoms.